The van der Waals surface area contributed by atoms with E-state index in [1.165, 1.54) is 28.2 Å². The predicted molar refractivity (Wildman–Crippen MR) is 129 cm³/mol. The molecule has 0 amide bonds. The molecule has 166 valence electrons. The van der Waals surface area contributed by atoms with Crippen LogP contribution >= 0.6 is 11.5 Å². The molecule has 0 radical (unpaired) electrons. The maximum Gasteiger partial charge on any atom is 0.299 e. The van der Waals surface area contributed by atoms with Gasteiger partial charge in [-0.25, -0.2) is 0 Å². The minimum Gasteiger partial charge on any atom is -0.493 e. The van der Waals surface area contributed by atoms with Gasteiger partial charge in [0.2, 0.25) is 0 Å². The van der Waals surface area contributed by atoms with E-state index in [1.54, 1.807) is 7.11 Å². The van der Waals surface area contributed by atoms with Crippen LogP contribution in [0.4, 0.5) is 0 Å². The van der Waals surface area contributed by atoms with Gasteiger partial charge in [0.15, 0.2) is 17.3 Å². The summed E-state index contributed by atoms with van der Waals surface area (Å²) in [4.78, 5) is 6.89. The molecule has 0 aliphatic rings. The number of benzene rings is 2. The van der Waals surface area contributed by atoms with Gasteiger partial charge < -0.3 is 14.4 Å². The molecule has 3 rings (SSSR count). The van der Waals surface area contributed by atoms with E-state index < -0.39 is 0 Å². The first kappa shape index (κ1) is 23.2. The van der Waals surface area contributed by atoms with E-state index in [0.717, 1.165) is 25.1 Å². The first-order valence-corrected chi connectivity index (χ1v) is 11.5. The largest absolute Gasteiger partial charge is 0.493 e. The molecule has 6 heteroatoms. The smallest absolute Gasteiger partial charge is 0.299 e. The summed E-state index contributed by atoms with van der Waals surface area (Å²) >= 11 is 1.25. The molecule has 0 bridgehead atoms. The summed E-state index contributed by atoms with van der Waals surface area (Å²) < 4.78 is 16.2. The minimum atomic E-state index is 0.120. The molecule has 0 unspecified atom stereocenters. The molecular formula is C25H33N3O2S. The van der Waals surface area contributed by atoms with Gasteiger partial charge >= 0.3 is 0 Å². The Hall–Kier alpha value is -2.44. The number of nitrogens with zero attached hydrogens (tertiary/aromatic N) is 3. The van der Waals surface area contributed by atoms with Gasteiger partial charge in [0.05, 0.1) is 7.11 Å². The summed E-state index contributed by atoms with van der Waals surface area (Å²) in [5.41, 5.74) is 4.84. The van der Waals surface area contributed by atoms with Crippen molar-refractivity contribution >= 4 is 11.5 Å². The lowest BCUT2D eigenvalue weighted by Gasteiger charge is -2.18. The maximum atomic E-state index is 6.07. The fourth-order valence-corrected chi connectivity index (χ4v) is 3.83. The Bertz CT molecular complexity index is 1010. The Balaban J connectivity index is 1.77. The third-order valence-corrected chi connectivity index (χ3v) is 6.13. The molecule has 0 fully saturated rings. The summed E-state index contributed by atoms with van der Waals surface area (Å²) in [5, 5.41) is 0.506. The highest BCUT2D eigenvalue weighted by atomic mass is 32.1. The van der Waals surface area contributed by atoms with Crippen molar-refractivity contribution in [1.29, 1.82) is 0 Å². The number of methoxy groups -OCH3 is 1. The van der Waals surface area contributed by atoms with E-state index in [-0.39, 0.29) is 5.41 Å². The van der Waals surface area contributed by atoms with Gasteiger partial charge in [-0.2, -0.15) is 9.36 Å². The highest BCUT2D eigenvalue weighted by Gasteiger charge is 2.16. The van der Waals surface area contributed by atoms with Crippen LogP contribution in [0.2, 0.25) is 0 Å². The van der Waals surface area contributed by atoms with Crippen LogP contribution in [0.15, 0.2) is 36.4 Å². The highest BCUT2D eigenvalue weighted by molar-refractivity contribution is 7.07. The standard InChI is InChI=1S/C25H33N3O2S/c1-8-28(6)14-13-19-16-21(29-7)22(15-17(19)2)30-24-26-23(27-31-24)18-9-11-20(12-10-18)25(3,4)5/h9-12,15-16H,8,13-14H2,1-7H3. The molecule has 1 aromatic heterocycles. The van der Waals surface area contributed by atoms with Crippen LogP contribution in [0, 0.1) is 6.92 Å². The second kappa shape index (κ2) is 9.79. The Kier molecular flexibility index (Phi) is 7.34. The van der Waals surface area contributed by atoms with Crippen molar-refractivity contribution in [3.63, 3.8) is 0 Å². The molecule has 0 spiro atoms. The molecule has 0 aliphatic heterocycles. The predicted octanol–water partition coefficient (Wildman–Crippen LogP) is 6.11. The number of rotatable bonds is 8. The van der Waals surface area contributed by atoms with Gasteiger partial charge in [0.1, 0.15) is 0 Å². The van der Waals surface area contributed by atoms with Crippen molar-refractivity contribution in [3.05, 3.63) is 53.1 Å². The average Bonchev–Trinajstić information content (AvgIpc) is 3.21. The Labute approximate surface area is 190 Å². The molecule has 0 saturated carbocycles. The number of aryl methyl sites for hydroxylation is 1. The normalized spacial score (nSPS) is 11.7. The van der Waals surface area contributed by atoms with Crippen molar-refractivity contribution in [3.8, 4) is 28.1 Å². The summed E-state index contributed by atoms with van der Waals surface area (Å²) in [7, 11) is 3.80. The van der Waals surface area contributed by atoms with E-state index in [9.17, 15) is 0 Å². The van der Waals surface area contributed by atoms with E-state index in [2.05, 4.69) is 86.3 Å². The topological polar surface area (TPSA) is 47.5 Å². The van der Waals surface area contributed by atoms with Crippen LogP contribution in [0.25, 0.3) is 11.4 Å². The summed E-state index contributed by atoms with van der Waals surface area (Å²) in [6, 6.07) is 12.5. The molecule has 0 saturated heterocycles. The van der Waals surface area contributed by atoms with Gasteiger partial charge in [0.25, 0.3) is 5.19 Å². The monoisotopic (exact) mass is 439 g/mol. The molecule has 0 N–H and O–H groups in total. The maximum absolute atomic E-state index is 6.07. The molecule has 2 aromatic carbocycles. The van der Waals surface area contributed by atoms with Crippen LogP contribution in [0.5, 0.6) is 16.7 Å². The van der Waals surface area contributed by atoms with Crippen LogP contribution < -0.4 is 9.47 Å². The molecule has 31 heavy (non-hydrogen) atoms. The summed E-state index contributed by atoms with van der Waals surface area (Å²) in [6.07, 6.45) is 0.973. The first-order chi connectivity index (χ1) is 14.7. The minimum absolute atomic E-state index is 0.120. The number of ether oxygens (including phenoxy) is 2. The summed E-state index contributed by atoms with van der Waals surface area (Å²) in [5.74, 6) is 2.06. The van der Waals surface area contributed by atoms with Crippen molar-refractivity contribution in [2.24, 2.45) is 0 Å². The van der Waals surface area contributed by atoms with Crippen LogP contribution in [-0.2, 0) is 11.8 Å². The summed E-state index contributed by atoms with van der Waals surface area (Å²) in [6.45, 7) is 12.9. The van der Waals surface area contributed by atoms with Crippen molar-refractivity contribution in [1.82, 2.24) is 14.3 Å². The molecule has 3 aromatic rings. The second-order valence-corrected chi connectivity index (χ2v) is 9.60. The Morgan fingerprint density at radius 2 is 1.77 bits per heavy atom. The zero-order valence-corrected chi connectivity index (χ0v) is 20.5. The van der Waals surface area contributed by atoms with E-state index in [0.29, 0.717) is 22.5 Å². The van der Waals surface area contributed by atoms with Crippen LogP contribution in [0.3, 0.4) is 0 Å². The highest BCUT2D eigenvalue weighted by Crippen LogP contribution is 2.36. The first-order valence-electron chi connectivity index (χ1n) is 10.7. The number of aromatic nitrogens is 2. The quantitative estimate of drug-likeness (QED) is 0.424. The lowest BCUT2D eigenvalue weighted by Crippen LogP contribution is -2.20. The zero-order valence-electron chi connectivity index (χ0n) is 19.7. The Morgan fingerprint density at radius 3 is 2.39 bits per heavy atom. The van der Waals surface area contributed by atoms with E-state index in [4.69, 9.17) is 9.47 Å². The van der Waals surface area contributed by atoms with Crippen LogP contribution in [0.1, 0.15) is 44.4 Å². The average molecular weight is 440 g/mol. The third kappa shape index (κ3) is 5.83. The molecule has 0 atom stereocenters. The number of hydrogen-bond acceptors (Lipinski definition) is 6. The zero-order chi connectivity index (χ0) is 22.6. The van der Waals surface area contributed by atoms with Crippen molar-refractivity contribution in [2.75, 3.05) is 27.2 Å². The molecule has 5 nitrogen and oxygen atoms in total. The van der Waals surface area contributed by atoms with E-state index >= 15 is 0 Å². The van der Waals surface area contributed by atoms with Gasteiger partial charge in [-0.15, -0.1) is 0 Å². The second-order valence-electron chi connectivity index (χ2n) is 8.89. The SMILES string of the molecule is CCN(C)CCc1cc(OC)c(Oc2nc(-c3ccc(C(C)(C)C)cc3)ns2)cc1C. The fourth-order valence-electron chi connectivity index (χ4n) is 3.26. The fraction of sp³-hybridized carbons (Fsp3) is 0.440. The van der Waals surface area contributed by atoms with Gasteiger partial charge in [-0.1, -0.05) is 52.0 Å². The molecule has 1 heterocycles. The molecule has 0 aliphatic carbocycles. The van der Waals surface area contributed by atoms with Gasteiger partial charge in [0, 0.05) is 23.6 Å². The van der Waals surface area contributed by atoms with Crippen molar-refractivity contribution < 1.29 is 9.47 Å². The van der Waals surface area contributed by atoms with Gasteiger partial charge in [-0.3, -0.25) is 0 Å². The lowest BCUT2D eigenvalue weighted by atomic mass is 9.87. The van der Waals surface area contributed by atoms with E-state index in [1.807, 2.05) is 6.07 Å². The molecular weight excluding hydrogens is 406 g/mol. The lowest BCUT2D eigenvalue weighted by molar-refractivity contribution is 0.355. The number of likely N-dealkylation sites (N-methyl/N-ethyl adjacent to an activating group) is 1. The van der Waals surface area contributed by atoms with Crippen molar-refractivity contribution in [2.45, 2.75) is 46.5 Å². The third-order valence-electron chi connectivity index (χ3n) is 5.54. The number of hydrogen-bond donors (Lipinski definition) is 0. The Morgan fingerprint density at radius 1 is 1.06 bits per heavy atom. The van der Waals surface area contributed by atoms with Crippen LogP contribution in [-0.4, -0.2) is 41.5 Å². The van der Waals surface area contributed by atoms with Gasteiger partial charge in [-0.05, 0) is 61.2 Å².